The first-order valence-electron chi connectivity index (χ1n) is 11.5. The molecule has 3 aromatic heterocycles. The second-order valence-corrected chi connectivity index (χ2v) is 11.1. The van der Waals surface area contributed by atoms with E-state index < -0.39 is 34.7 Å². The molecule has 1 aliphatic heterocycles. The number of alkyl halides is 3. The fraction of sp³-hybridized carbons (Fsp3) is 0.455. The van der Waals surface area contributed by atoms with E-state index in [1.807, 2.05) is 12.2 Å². The van der Waals surface area contributed by atoms with E-state index in [1.54, 1.807) is 12.3 Å². The van der Waals surface area contributed by atoms with Crippen LogP contribution in [-0.4, -0.2) is 82.7 Å². The monoisotopic (exact) mass is 559 g/mol. The molecule has 15 heteroatoms. The van der Waals surface area contributed by atoms with E-state index in [2.05, 4.69) is 19.9 Å². The average Bonchev–Trinajstić information content (AvgIpc) is 3.28. The van der Waals surface area contributed by atoms with Gasteiger partial charge in [0.2, 0.25) is 15.9 Å². The number of piperazine rings is 1. The van der Waals surface area contributed by atoms with Crippen molar-refractivity contribution < 1.29 is 26.4 Å². The molecular formula is C22H25ClF3N7O3S. The number of fused-ring (bicyclic) bond motifs is 1. The number of amides is 1. The van der Waals surface area contributed by atoms with Crippen molar-refractivity contribution in [3.05, 3.63) is 35.7 Å². The van der Waals surface area contributed by atoms with Crippen molar-refractivity contribution in [3.63, 3.8) is 0 Å². The fourth-order valence-corrected chi connectivity index (χ4v) is 5.87. The normalized spacial score (nSPS) is 17.3. The second-order valence-electron chi connectivity index (χ2n) is 8.56. The quantitative estimate of drug-likeness (QED) is 0.435. The zero-order valence-corrected chi connectivity index (χ0v) is 21.4. The second kappa shape index (κ2) is 10.8. The van der Waals surface area contributed by atoms with Gasteiger partial charge in [0.05, 0.1) is 10.8 Å². The van der Waals surface area contributed by atoms with Crippen molar-refractivity contribution in [2.75, 3.05) is 36.8 Å². The zero-order chi connectivity index (χ0) is 26.8. The maximum Gasteiger partial charge on any atom is 0.405 e. The predicted octanol–water partition coefficient (Wildman–Crippen LogP) is 2.97. The Morgan fingerprint density at radius 1 is 1.30 bits per heavy atom. The Hall–Kier alpha value is -2.97. The summed E-state index contributed by atoms with van der Waals surface area (Å²) < 4.78 is 65.1. The van der Waals surface area contributed by atoms with Gasteiger partial charge in [0.1, 0.15) is 24.1 Å². The molecule has 0 bridgehead atoms. The molecule has 0 radical (unpaired) electrons. The first-order chi connectivity index (χ1) is 17.5. The number of anilines is 1. The van der Waals surface area contributed by atoms with Crippen LogP contribution < -0.4 is 10.2 Å². The lowest BCUT2D eigenvalue weighted by molar-refractivity contribution is -0.139. The van der Waals surface area contributed by atoms with E-state index >= 15 is 0 Å². The highest BCUT2D eigenvalue weighted by molar-refractivity contribution is 7.89. The van der Waals surface area contributed by atoms with Gasteiger partial charge in [-0.3, -0.25) is 4.79 Å². The third-order valence-electron chi connectivity index (χ3n) is 5.93. The predicted molar refractivity (Wildman–Crippen MR) is 133 cm³/mol. The lowest BCUT2D eigenvalue weighted by atomic mass is 10.1. The Kier molecular flexibility index (Phi) is 7.90. The molecule has 0 saturated carbocycles. The van der Waals surface area contributed by atoms with Gasteiger partial charge in [-0.05, 0) is 18.6 Å². The number of rotatable bonds is 8. The summed E-state index contributed by atoms with van der Waals surface area (Å²) in [5.41, 5.74) is 1.15. The molecule has 2 N–H and O–H groups in total. The minimum absolute atomic E-state index is 0.0488. The summed E-state index contributed by atoms with van der Waals surface area (Å²) in [6.45, 7) is 0.123. The molecule has 1 amide bonds. The van der Waals surface area contributed by atoms with Crippen molar-refractivity contribution in [2.45, 2.75) is 32.0 Å². The summed E-state index contributed by atoms with van der Waals surface area (Å²) >= 11 is 6.08. The lowest BCUT2D eigenvalue weighted by Gasteiger charge is -2.40. The van der Waals surface area contributed by atoms with Gasteiger partial charge < -0.3 is 15.2 Å². The molecule has 0 aromatic carbocycles. The number of hydrogen-bond donors (Lipinski definition) is 2. The Morgan fingerprint density at radius 2 is 2.08 bits per heavy atom. The van der Waals surface area contributed by atoms with Crippen LogP contribution in [0, 0.1) is 0 Å². The molecule has 3 aromatic rings. The highest BCUT2D eigenvalue weighted by Crippen LogP contribution is 2.29. The zero-order valence-electron chi connectivity index (χ0n) is 19.8. The van der Waals surface area contributed by atoms with Crippen molar-refractivity contribution in [1.82, 2.24) is 29.6 Å². The molecule has 0 aliphatic carbocycles. The van der Waals surface area contributed by atoms with Crippen molar-refractivity contribution in [3.8, 4) is 11.4 Å². The van der Waals surface area contributed by atoms with E-state index in [4.69, 9.17) is 11.6 Å². The van der Waals surface area contributed by atoms with E-state index in [0.717, 1.165) is 4.31 Å². The summed E-state index contributed by atoms with van der Waals surface area (Å²) in [6.07, 6.45) is 1.08. The van der Waals surface area contributed by atoms with E-state index in [-0.39, 0.29) is 37.0 Å². The Bertz CT molecular complexity index is 1380. The molecule has 0 spiro atoms. The van der Waals surface area contributed by atoms with Gasteiger partial charge in [-0.1, -0.05) is 24.9 Å². The molecule has 4 rings (SSSR count). The Morgan fingerprint density at radius 3 is 2.81 bits per heavy atom. The first-order valence-corrected chi connectivity index (χ1v) is 13.5. The van der Waals surface area contributed by atoms with Crippen LogP contribution in [0.5, 0.6) is 0 Å². The van der Waals surface area contributed by atoms with Gasteiger partial charge >= 0.3 is 6.18 Å². The van der Waals surface area contributed by atoms with Gasteiger partial charge in [0, 0.05) is 49.2 Å². The summed E-state index contributed by atoms with van der Waals surface area (Å²) in [5.74, 6) is -0.502. The van der Waals surface area contributed by atoms with Gasteiger partial charge in [-0.25, -0.2) is 23.4 Å². The molecule has 200 valence electrons. The molecule has 1 atom stereocenters. The number of halogens is 4. The minimum atomic E-state index is -4.62. The van der Waals surface area contributed by atoms with Crippen LogP contribution in [0.3, 0.4) is 0 Å². The summed E-state index contributed by atoms with van der Waals surface area (Å²) in [5, 5.41) is 2.95. The number of sulfonamides is 1. The van der Waals surface area contributed by atoms with Crippen LogP contribution in [0.4, 0.5) is 19.0 Å². The van der Waals surface area contributed by atoms with Crippen LogP contribution in [0.2, 0.25) is 5.02 Å². The number of H-pyrrole nitrogens is 1. The smallest absolute Gasteiger partial charge is 0.345 e. The van der Waals surface area contributed by atoms with Crippen LogP contribution in [0.15, 0.2) is 30.7 Å². The maximum absolute atomic E-state index is 12.9. The summed E-state index contributed by atoms with van der Waals surface area (Å²) in [7, 11) is -3.68. The van der Waals surface area contributed by atoms with Gasteiger partial charge in [-0.2, -0.15) is 17.5 Å². The standard InChI is InChI=1S/C22H25ClF3N7O3S/c1-2-3-8-37(35,36)32-6-7-33(17(12-32)21(34)30-13-22(24,25)26)18-4-5-27-20(31-18)16-11-29-19-15(16)9-14(23)10-28-19/h4-5,9-11,17H,2-3,6-8,12-13H2,1H3,(H,28,29)(H,30,34). The third kappa shape index (κ3) is 6.30. The number of pyridine rings is 1. The molecule has 1 unspecified atom stereocenters. The summed E-state index contributed by atoms with van der Waals surface area (Å²) in [4.78, 5) is 30.5. The summed E-state index contributed by atoms with van der Waals surface area (Å²) in [6, 6.07) is 1.99. The van der Waals surface area contributed by atoms with E-state index in [9.17, 15) is 26.4 Å². The largest absolute Gasteiger partial charge is 0.405 e. The molecule has 10 nitrogen and oxygen atoms in total. The van der Waals surface area contributed by atoms with Gasteiger partial charge in [-0.15, -0.1) is 0 Å². The SMILES string of the molecule is CCCCS(=O)(=O)N1CCN(c2ccnc(-c3c[nH]c4ncc(Cl)cc34)n2)C(C(=O)NCC(F)(F)F)C1. The average molecular weight is 560 g/mol. The minimum Gasteiger partial charge on any atom is -0.345 e. The van der Waals surface area contributed by atoms with E-state index in [0.29, 0.717) is 34.5 Å². The number of aromatic nitrogens is 4. The Labute approximate surface area is 216 Å². The highest BCUT2D eigenvalue weighted by atomic mass is 35.5. The van der Waals surface area contributed by atoms with E-state index in [1.165, 1.54) is 23.4 Å². The number of nitrogens with zero attached hydrogens (tertiary/aromatic N) is 5. The molecule has 4 heterocycles. The number of aromatic amines is 1. The first kappa shape index (κ1) is 27.1. The molecule has 1 aliphatic rings. The molecular weight excluding hydrogens is 535 g/mol. The number of carbonyl (C=O) groups is 1. The van der Waals surface area contributed by atoms with Crippen LogP contribution in [0.1, 0.15) is 19.8 Å². The van der Waals surface area contributed by atoms with Gasteiger partial charge in [0.15, 0.2) is 5.82 Å². The molecule has 37 heavy (non-hydrogen) atoms. The Balaban J connectivity index is 1.66. The molecule has 1 saturated heterocycles. The maximum atomic E-state index is 12.9. The van der Waals surface area contributed by atoms with Crippen LogP contribution in [-0.2, 0) is 14.8 Å². The number of hydrogen-bond acceptors (Lipinski definition) is 7. The van der Waals surface area contributed by atoms with Crippen molar-refractivity contribution in [1.29, 1.82) is 0 Å². The third-order valence-corrected chi connectivity index (χ3v) is 8.06. The number of carbonyl (C=O) groups excluding carboxylic acids is 1. The van der Waals surface area contributed by atoms with Crippen LogP contribution >= 0.6 is 11.6 Å². The van der Waals surface area contributed by atoms with Crippen molar-refractivity contribution >= 4 is 44.4 Å². The fourth-order valence-electron chi connectivity index (χ4n) is 4.07. The molecule has 1 fully saturated rings. The topological polar surface area (TPSA) is 124 Å². The van der Waals surface area contributed by atoms with Crippen LogP contribution in [0.25, 0.3) is 22.4 Å². The lowest BCUT2D eigenvalue weighted by Crippen LogP contribution is -2.61. The number of nitrogens with one attached hydrogen (secondary N) is 2. The number of unbranched alkanes of at least 4 members (excludes halogenated alkanes) is 1. The highest BCUT2D eigenvalue weighted by Gasteiger charge is 2.39. The van der Waals surface area contributed by atoms with Gasteiger partial charge in [0.25, 0.3) is 0 Å². The van der Waals surface area contributed by atoms with Crippen molar-refractivity contribution in [2.24, 2.45) is 0 Å².